The fraction of sp³-hybridized carbons (Fsp3) is 0.286. The Morgan fingerprint density at radius 1 is 1.45 bits per heavy atom. The van der Waals surface area contributed by atoms with E-state index in [0.29, 0.717) is 17.1 Å². The predicted molar refractivity (Wildman–Crippen MR) is 77.7 cm³/mol. The average molecular weight is 274 g/mol. The summed E-state index contributed by atoms with van der Waals surface area (Å²) in [4.78, 5) is 12.2. The van der Waals surface area contributed by atoms with Crippen molar-refractivity contribution >= 4 is 17.3 Å². The summed E-state index contributed by atoms with van der Waals surface area (Å²) in [6.45, 7) is 3.66. The average Bonchev–Trinajstić information content (AvgIpc) is 2.86. The number of methoxy groups -OCH3 is 1. The highest BCUT2D eigenvalue weighted by Crippen LogP contribution is 2.27. The topological polar surface area (TPSA) is 82.2 Å². The predicted octanol–water partition coefficient (Wildman–Crippen LogP) is 1.98. The molecule has 1 unspecified atom stereocenters. The zero-order valence-corrected chi connectivity index (χ0v) is 11.8. The van der Waals surface area contributed by atoms with Crippen LogP contribution in [0.5, 0.6) is 5.75 Å². The summed E-state index contributed by atoms with van der Waals surface area (Å²) in [5.74, 6) is 0.360. The summed E-state index contributed by atoms with van der Waals surface area (Å²) in [7, 11) is 1.53. The minimum absolute atomic E-state index is 0.170. The lowest BCUT2D eigenvalue weighted by Gasteiger charge is -2.15. The van der Waals surface area contributed by atoms with E-state index in [2.05, 4.69) is 10.4 Å². The molecule has 0 aliphatic rings. The smallest absolute Gasteiger partial charge is 0.249 e. The molecule has 1 aromatic carbocycles. The normalized spacial score (nSPS) is 11.9. The summed E-state index contributed by atoms with van der Waals surface area (Å²) in [6, 6.07) is 6.53. The highest BCUT2D eigenvalue weighted by atomic mass is 16.5. The van der Waals surface area contributed by atoms with Crippen LogP contribution in [0.1, 0.15) is 18.7 Å². The van der Waals surface area contributed by atoms with Gasteiger partial charge in [0.25, 0.3) is 0 Å². The first-order valence-electron chi connectivity index (χ1n) is 6.27. The van der Waals surface area contributed by atoms with Gasteiger partial charge in [0.2, 0.25) is 5.91 Å². The zero-order valence-electron chi connectivity index (χ0n) is 11.8. The number of nitrogens with zero attached hydrogens (tertiary/aromatic N) is 2. The molecule has 0 bridgehead atoms. The molecule has 6 nitrogen and oxygen atoms in total. The van der Waals surface area contributed by atoms with Crippen LogP contribution >= 0.6 is 0 Å². The minimum Gasteiger partial charge on any atom is -0.494 e. The van der Waals surface area contributed by atoms with Crippen LogP contribution in [0.2, 0.25) is 0 Å². The van der Waals surface area contributed by atoms with Crippen molar-refractivity contribution in [1.29, 1.82) is 0 Å². The number of anilines is 2. The van der Waals surface area contributed by atoms with E-state index < -0.39 is 6.04 Å². The number of aromatic nitrogens is 2. The van der Waals surface area contributed by atoms with Gasteiger partial charge in [-0.3, -0.25) is 9.48 Å². The molecular weight excluding hydrogens is 256 g/mol. The van der Waals surface area contributed by atoms with Crippen molar-refractivity contribution < 1.29 is 9.53 Å². The Bertz CT molecular complexity index is 621. The van der Waals surface area contributed by atoms with Gasteiger partial charge in [0.15, 0.2) is 0 Å². The number of ether oxygens (including phenoxy) is 1. The van der Waals surface area contributed by atoms with Gasteiger partial charge in [-0.05, 0) is 32.0 Å². The molecule has 3 N–H and O–H groups in total. The standard InChI is InChI=1S/C14H18N4O2/c1-9-6-7-18(17-9)10(2)14(19)16-12-5-4-11(15)8-13(12)20-3/h4-8,10H,15H2,1-3H3,(H,16,19). The lowest BCUT2D eigenvalue weighted by Crippen LogP contribution is -2.24. The van der Waals surface area contributed by atoms with Gasteiger partial charge >= 0.3 is 0 Å². The summed E-state index contributed by atoms with van der Waals surface area (Å²) in [5.41, 5.74) is 7.72. The number of hydrogen-bond acceptors (Lipinski definition) is 4. The summed E-state index contributed by atoms with van der Waals surface area (Å²) < 4.78 is 6.82. The van der Waals surface area contributed by atoms with Gasteiger partial charge in [0.1, 0.15) is 11.8 Å². The Hall–Kier alpha value is -2.50. The van der Waals surface area contributed by atoms with Crippen LogP contribution in [0.3, 0.4) is 0 Å². The van der Waals surface area contributed by atoms with Crippen LogP contribution in [-0.4, -0.2) is 22.8 Å². The van der Waals surface area contributed by atoms with E-state index in [1.54, 1.807) is 36.0 Å². The largest absolute Gasteiger partial charge is 0.494 e. The molecule has 0 fully saturated rings. The Balaban J connectivity index is 2.15. The molecule has 0 saturated heterocycles. The number of nitrogen functional groups attached to an aromatic ring is 1. The van der Waals surface area contributed by atoms with Crippen molar-refractivity contribution in [2.45, 2.75) is 19.9 Å². The first kappa shape index (κ1) is 13.9. The molecule has 0 radical (unpaired) electrons. The van der Waals surface area contributed by atoms with E-state index >= 15 is 0 Å². The number of hydrogen-bond donors (Lipinski definition) is 2. The zero-order chi connectivity index (χ0) is 14.7. The number of nitrogens with one attached hydrogen (secondary N) is 1. The molecule has 0 aliphatic heterocycles. The third-order valence-corrected chi connectivity index (χ3v) is 3.00. The molecule has 0 saturated carbocycles. The van der Waals surface area contributed by atoms with E-state index in [9.17, 15) is 4.79 Å². The fourth-order valence-corrected chi connectivity index (χ4v) is 1.82. The number of amides is 1. The van der Waals surface area contributed by atoms with Crippen LogP contribution < -0.4 is 15.8 Å². The second-order valence-electron chi connectivity index (χ2n) is 4.56. The number of carbonyl (C=O) groups is 1. The summed E-state index contributed by atoms with van der Waals surface area (Å²) in [6.07, 6.45) is 1.78. The maximum atomic E-state index is 12.2. The van der Waals surface area contributed by atoms with Crippen molar-refractivity contribution in [3.63, 3.8) is 0 Å². The third kappa shape index (κ3) is 2.90. The van der Waals surface area contributed by atoms with Crippen molar-refractivity contribution in [1.82, 2.24) is 9.78 Å². The lowest BCUT2D eigenvalue weighted by atomic mass is 10.2. The number of nitrogens with two attached hydrogens (primary N) is 1. The maximum Gasteiger partial charge on any atom is 0.249 e. The Morgan fingerprint density at radius 3 is 2.80 bits per heavy atom. The molecule has 6 heteroatoms. The van der Waals surface area contributed by atoms with E-state index in [4.69, 9.17) is 10.5 Å². The lowest BCUT2D eigenvalue weighted by molar-refractivity contribution is -0.119. The van der Waals surface area contributed by atoms with Crippen molar-refractivity contribution in [3.8, 4) is 5.75 Å². The van der Waals surface area contributed by atoms with Crippen LogP contribution in [0, 0.1) is 6.92 Å². The van der Waals surface area contributed by atoms with Gasteiger partial charge in [-0.25, -0.2) is 0 Å². The van der Waals surface area contributed by atoms with Crippen molar-refractivity contribution in [2.75, 3.05) is 18.2 Å². The summed E-state index contributed by atoms with van der Waals surface area (Å²) in [5, 5.41) is 7.05. The molecule has 2 rings (SSSR count). The molecule has 20 heavy (non-hydrogen) atoms. The van der Waals surface area contributed by atoms with Gasteiger partial charge in [0, 0.05) is 18.0 Å². The van der Waals surface area contributed by atoms with Gasteiger partial charge in [0.05, 0.1) is 18.5 Å². The highest BCUT2D eigenvalue weighted by Gasteiger charge is 2.17. The minimum atomic E-state index is -0.411. The fourth-order valence-electron chi connectivity index (χ4n) is 1.82. The van der Waals surface area contributed by atoms with Gasteiger partial charge < -0.3 is 15.8 Å². The number of aryl methyl sites for hydroxylation is 1. The molecule has 0 aliphatic carbocycles. The third-order valence-electron chi connectivity index (χ3n) is 3.00. The Morgan fingerprint density at radius 2 is 2.20 bits per heavy atom. The first-order chi connectivity index (χ1) is 9.51. The molecule has 1 amide bonds. The molecule has 1 heterocycles. The Labute approximate surface area is 117 Å². The maximum absolute atomic E-state index is 12.2. The first-order valence-corrected chi connectivity index (χ1v) is 6.27. The number of benzene rings is 1. The van der Waals surface area contributed by atoms with Gasteiger partial charge in [-0.15, -0.1) is 0 Å². The van der Waals surface area contributed by atoms with Crippen LogP contribution in [-0.2, 0) is 4.79 Å². The van der Waals surface area contributed by atoms with Crippen LogP contribution in [0.25, 0.3) is 0 Å². The second-order valence-corrected chi connectivity index (χ2v) is 4.56. The monoisotopic (exact) mass is 274 g/mol. The Kier molecular flexibility index (Phi) is 3.93. The van der Waals surface area contributed by atoms with Gasteiger partial charge in [-0.2, -0.15) is 5.10 Å². The van der Waals surface area contributed by atoms with Crippen LogP contribution in [0.4, 0.5) is 11.4 Å². The quantitative estimate of drug-likeness (QED) is 0.835. The molecular formula is C14H18N4O2. The highest BCUT2D eigenvalue weighted by molar-refractivity contribution is 5.95. The van der Waals surface area contributed by atoms with Crippen molar-refractivity contribution in [2.24, 2.45) is 0 Å². The molecule has 1 atom stereocenters. The SMILES string of the molecule is COc1cc(N)ccc1NC(=O)C(C)n1ccc(C)n1. The molecule has 2 aromatic rings. The summed E-state index contributed by atoms with van der Waals surface area (Å²) >= 11 is 0. The number of rotatable bonds is 4. The second kappa shape index (κ2) is 5.64. The van der Waals surface area contributed by atoms with Crippen LogP contribution in [0.15, 0.2) is 30.5 Å². The van der Waals surface area contributed by atoms with E-state index in [-0.39, 0.29) is 5.91 Å². The molecule has 0 spiro atoms. The number of carbonyl (C=O) groups excluding carboxylic acids is 1. The van der Waals surface area contributed by atoms with E-state index in [1.165, 1.54) is 7.11 Å². The van der Waals surface area contributed by atoms with Gasteiger partial charge in [-0.1, -0.05) is 0 Å². The van der Waals surface area contributed by atoms with E-state index in [0.717, 1.165) is 5.69 Å². The van der Waals surface area contributed by atoms with Crippen molar-refractivity contribution in [3.05, 3.63) is 36.2 Å². The molecule has 1 aromatic heterocycles. The van der Waals surface area contributed by atoms with E-state index in [1.807, 2.05) is 13.0 Å². The molecule has 106 valence electrons.